The minimum atomic E-state index is -0.240. The van der Waals surface area contributed by atoms with Gasteiger partial charge in [-0.25, -0.2) is 4.79 Å². The van der Waals surface area contributed by atoms with Gasteiger partial charge < -0.3 is 4.74 Å². The molecule has 0 amide bonds. The van der Waals surface area contributed by atoms with Crippen molar-refractivity contribution >= 4 is 5.97 Å². The molecule has 0 aromatic heterocycles. The highest BCUT2D eigenvalue weighted by molar-refractivity contribution is 5.90. The maximum Gasteiger partial charge on any atom is 0.338 e. The quantitative estimate of drug-likeness (QED) is 0.768. The Labute approximate surface area is 110 Å². The van der Waals surface area contributed by atoms with Crippen LogP contribution in [0.2, 0.25) is 0 Å². The van der Waals surface area contributed by atoms with Crippen LogP contribution in [0.3, 0.4) is 0 Å². The monoisotopic (exact) mass is 249 g/mol. The van der Waals surface area contributed by atoms with Gasteiger partial charge in [-0.3, -0.25) is 4.90 Å². The van der Waals surface area contributed by atoms with E-state index in [-0.39, 0.29) is 11.5 Å². The minimum Gasteiger partial charge on any atom is -0.461 e. The number of hydrogen-bond acceptors (Lipinski definition) is 3. The molecule has 0 bridgehead atoms. The minimum absolute atomic E-state index is 0.0923. The topological polar surface area (TPSA) is 29.5 Å². The van der Waals surface area contributed by atoms with E-state index in [0.717, 1.165) is 12.1 Å². The van der Waals surface area contributed by atoms with Crippen LogP contribution in [0.15, 0.2) is 24.3 Å². The summed E-state index contributed by atoms with van der Waals surface area (Å²) in [5.41, 5.74) is 1.69. The molecule has 1 aromatic carbocycles. The molecule has 0 fully saturated rings. The highest BCUT2D eigenvalue weighted by Gasteiger charge is 2.17. The molecule has 0 N–H and O–H groups in total. The van der Waals surface area contributed by atoms with Gasteiger partial charge in [-0.15, -0.1) is 0 Å². The smallest absolute Gasteiger partial charge is 0.338 e. The van der Waals surface area contributed by atoms with E-state index in [9.17, 15) is 4.79 Å². The Bertz CT molecular complexity index is 407. The molecular formula is C15H23NO2. The lowest BCUT2D eigenvalue weighted by Gasteiger charge is -2.31. The van der Waals surface area contributed by atoms with Gasteiger partial charge in [0.25, 0.3) is 0 Å². The molecule has 0 aliphatic heterocycles. The second kappa shape index (κ2) is 6.01. The third kappa shape index (κ3) is 4.15. The number of esters is 1. The third-order valence-corrected chi connectivity index (χ3v) is 3.17. The third-order valence-electron chi connectivity index (χ3n) is 3.17. The lowest BCUT2D eigenvalue weighted by molar-refractivity contribution is 0.0423. The Morgan fingerprint density at radius 3 is 2.44 bits per heavy atom. The van der Waals surface area contributed by atoms with Crippen LogP contribution in [0.1, 0.15) is 36.7 Å². The molecular weight excluding hydrogens is 226 g/mol. The van der Waals surface area contributed by atoms with Gasteiger partial charge in [0.15, 0.2) is 0 Å². The summed E-state index contributed by atoms with van der Waals surface area (Å²) >= 11 is 0. The number of rotatable bonds is 4. The number of hydrogen-bond donors (Lipinski definition) is 0. The summed E-state index contributed by atoms with van der Waals surface area (Å²) in [6.07, 6.45) is 0. The molecule has 0 aliphatic carbocycles. The van der Waals surface area contributed by atoms with E-state index < -0.39 is 0 Å². The molecule has 3 nitrogen and oxygen atoms in total. The molecule has 1 aromatic rings. The number of aryl methyl sites for hydroxylation is 1. The van der Waals surface area contributed by atoms with Crippen LogP contribution >= 0.6 is 0 Å². The second-order valence-electron chi connectivity index (χ2n) is 5.54. The van der Waals surface area contributed by atoms with Crippen molar-refractivity contribution in [1.29, 1.82) is 0 Å². The molecule has 18 heavy (non-hydrogen) atoms. The summed E-state index contributed by atoms with van der Waals surface area (Å²) in [7, 11) is 2.03. The average molecular weight is 249 g/mol. The first-order valence-electron chi connectivity index (χ1n) is 6.26. The fourth-order valence-corrected chi connectivity index (χ4v) is 1.49. The maximum absolute atomic E-state index is 11.9. The molecule has 0 spiro atoms. The van der Waals surface area contributed by atoms with Crippen molar-refractivity contribution in [3.05, 3.63) is 35.4 Å². The fourth-order valence-electron chi connectivity index (χ4n) is 1.49. The molecule has 1 rings (SSSR count). The molecule has 100 valence electrons. The molecule has 0 atom stereocenters. The van der Waals surface area contributed by atoms with Crippen molar-refractivity contribution < 1.29 is 9.53 Å². The van der Waals surface area contributed by atoms with Gasteiger partial charge in [0.2, 0.25) is 0 Å². The van der Waals surface area contributed by atoms with Gasteiger partial charge in [-0.2, -0.15) is 0 Å². The summed E-state index contributed by atoms with van der Waals surface area (Å²) in [5.74, 6) is -0.240. The normalized spacial score (nSPS) is 11.7. The zero-order chi connectivity index (χ0) is 13.8. The first-order valence-corrected chi connectivity index (χ1v) is 6.26. The van der Waals surface area contributed by atoms with Crippen LogP contribution in [0, 0.1) is 6.92 Å². The van der Waals surface area contributed by atoms with Gasteiger partial charge >= 0.3 is 5.97 Å². The standard InChI is InChI=1S/C15H23NO2/c1-12-8-6-7-9-13(12)14(17)18-11-10-16(5)15(2,3)4/h6-9H,10-11H2,1-5H3. The zero-order valence-electron chi connectivity index (χ0n) is 12.0. The molecule has 0 saturated heterocycles. The number of benzene rings is 1. The largest absolute Gasteiger partial charge is 0.461 e. The van der Waals surface area contributed by atoms with Crippen molar-refractivity contribution in [1.82, 2.24) is 4.90 Å². The molecule has 0 aliphatic rings. The predicted molar refractivity (Wildman–Crippen MR) is 73.8 cm³/mol. The number of nitrogens with zero attached hydrogens (tertiary/aromatic N) is 1. The highest BCUT2D eigenvalue weighted by atomic mass is 16.5. The van der Waals surface area contributed by atoms with Crippen molar-refractivity contribution in [2.45, 2.75) is 33.2 Å². The summed E-state index contributed by atoms with van der Waals surface area (Å²) in [6, 6.07) is 7.48. The lowest BCUT2D eigenvalue weighted by atomic mass is 10.1. The highest BCUT2D eigenvalue weighted by Crippen LogP contribution is 2.11. The van der Waals surface area contributed by atoms with Gasteiger partial charge in [0, 0.05) is 12.1 Å². The average Bonchev–Trinajstić information content (AvgIpc) is 2.28. The molecule has 0 saturated carbocycles. The lowest BCUT2D eigenvalue weighted by Crippen LogP contribution is -2.40. The zero-order valence-corrected chi connectivity index (χ0v) is 12.0. The first kappa shape index (κ1) is 14.7. The van der Waals surface area contributed by atoms with Gasteiger partial charge in [-0.05, 0) is 46.4 Å². The Kier molecular flexibility index (Phi) is 4.91. The number of ether oxygens (including phenoxy) is 1. The van der Waals surface area contributed by atoms with E-state index in [0.29, 0.717) is 12.2 Å². The Morgan fingerprint density at radius 1 is 1.28 bits per heavy atom. The predicted octanol–water partition coefficient (Wildman–Crippen LogP) is 2.88. The van der Waals surface area contributed by atoms with E-state index >= 15 is 0 Å². The summed E-state index contributed by atoms with van der Waals surface area (Å²) in [5, 5.41) is 0. The molecule has 0 radical (unpaired) electrons. The summed E-state index contributed by atoms with van der Waals surface area (Å²) < 4.78 is 5.29. The second-order valence-corrected chi connectivity index (χ2v) is 5.54. The summed E-state index contributed by atoms with van der Waals surface area (Å²) in [6.45, 7) is 9.47. The number of likely N-dealkylation sites (N-methyl/N-ethyl adjacent to an activating group) is 1. The Hall–Kier alpha value is -1.35. The van der Waals surface area contributed by atoms with Crippen molar-refractivity contribution in [2.75, 3.05) is 20.2 Å². The fraction of sp³-hybridized carbons (Fsp3) is 0.533. The molecule has 0 heterocycles. The Morgan fingerprint density at radius 2 is 1.89 bits per heavy atom. The van der Waals surface area contributed by atoms with Crippen LogP contribution in [0.5, 0.6) is 0 Å². The summed E-state index contributed by atoms with van der Waals surface area (Å²) in [4.78, 5) is 14.0. The van der Waals surface area contributed by atoms with E-state index in [1.54, 1.807) is 6.07 Å². The first-order chi connectivity index (χ1) is 8.32. The molecule has 0 unspecified atom stereocenters. The van der Waals surface area contributed by atoms with Crippen molar-refractivity contribution in [3.63, 3.8) is 0 Å². The van der Waals surface area contributed by atoms with Crippen LogP contribution < -0.4 is 0 Å². The van der Waals surface area contributed by atoms with Crippen LogP contribution in [0.25, 0.3) is 0 Å². The van der Waals surface area contributed by atoms with E-state index in [1.807, 2.05) is 32.2 Å². The van der Waals surface area contributed by atoms with Gasteiger partial charge in [0.1, 0.15) is 6.61 Å². The van der Waals surface area contributed by atoms with Gasteiger partial charge in [0.05, 0.1) is 5.56 Å². The van der Waals surface area contributed by atoms with Crippen LogP contribution in [-0.4, -0.2) is 36.6 Å². The SMILES string of the molecule is Cc1ccccc1C(=O)OCCN(C)C(C)(C)C. The van der Waals surface area contributed by atoms with E-state index in [2.05, 4.69) is 25.7 Å². The van der Waals surface area contributed by atoms with Gasteiger partial charge in [-0.1, -0.05) is 18.2 Å². The van der Waals surface area contributed by atoms with E-state index in [1.165, 1.54) is 0 Å². The van der Waals surface area contributed by atoms with Crippen molar-refractivity contribution in [2.24, 2.45) is 0 Å². The molecule has 3 heteroatoms. The van der Waals surface area contributed by atoms with Crippen LogP contribution in [-0.2, 0) is 4.74 Å². The maximum atomic E-state index is 11.9. The number of carbonyl (C=O) groups excluding carboxylic acids is 1. The van der Waals surface area contributed by atoms with Crippen LogP contribution in [0.4, 0.5) is 0 Å². The van der Waals surface area contributed by atoms with E-state index in [4.69, 9.17) is 4.74 Å². The van der Waals surface area contributed by atoms with Crippen molar-refractivity contribution in [3.8, 4) is 0 Å². The number of carbonyl (C=O) groups is 1. The Balaban J connectivity index is 2.46.